The molecular formula is C23H24N6O4. The lowest BCUT2D eigenvalue weighted by atomic mass is 10.1. The van der Waals surface area contributed by atoms with Crippen LogP contribution in [0, 0.1) is 0 Å². The van der Waals surface area contributed by atoms with Crippen LogP contribution in [-0.4, -0.2) is 42.2 Å². The molecule has 3 heterocycles. The fourth-order valence-electron chi connectivity index (χ4n) is 3.15. The standard InChI is InChI=1S/C23H24N6O4/c1-2-3-11-32-22-27-19(24)18-20(28-22)29(23(31)26-18)13-15-6-8-17(9-7-15)21(30)33-14-16-5-4-10-25-12-16/h4-10,12H,2-3,11,13-14H2,1H3,(H,26,31)(H2,24,27,28). The van der Waals surface area contributed by atoms with E-state index in [9.17, 15) is 9.90 Å². The van der Waals surface area contributed by atoms with E-state index >= 15 is 0 Å². The molecule has 3 N–H and O–H groups in total. The molecule has 33 heavy (non-hydrogen) atoms. The number of benzene rings is 1. The molecule has 0 amide bonds. The zero-order valence-electron chi connectivity index (χ0n) is 18.1. The number of esters is 1. The molecule has 0 aliphatic carbocycles. The summed E-state index contributed by atoms with van der Waals surface area (Å²) in [6.07, 6.45) is 5.15. The maximum absolute atomic E-state index is 12.3. The Morgan fingerprint density at radius 2 is 1.94 bits per heavy atom. The normalized spacial score (nSPS) is 10.9. The molecule has 0 spiro atoms. The molecule has 10 heteroatoms. The Morgan fingerprint density at radius 3 is 2.67 bits per heavy atom. The smallest absolute Gasteiger partial charge is 0.338 e. The fraction of sp³-hybridized carbons (Fsp3) is 0.261. The van der Waals surface area contributed by atoms with Crippen LogP contribution in [0.5, 0.6) is 12.0 Å². The average molecular weight is 448 g/mol. The van der Waals surface area contributed by atoms with Crippen molar-refractivity contribution in [1.82, 2.24) is 24.5 Å². The fourth-order valence-corrected chi connectivity index (χ4v) is 3.15. The molecule has 0 unspecified atom stereocenters. The van der Waals surface area contributed by atoms with E-state index in [1.807, 2.05) is 6.07 Å². The number of hydrogen-bond acceptors (Lipinski definition) is 9. The maximum atomic E-state index is 12.3. The number of imidazole rings is 1. The quantitative estimate of drug-likeness (QED) is 0.292. The van der Waals surface area contributed by atoms with E-state index in [4.69, 9.17) is 15.2 Å². The van der Waals surface area contributed by atoms with Crippen LogP contribution in [0.4, 0.5) is 5.82 Å². The van der Waals surface area contributed by atoms with Gasteiger partial charge >= 0.3 is 12.0 Å². The summed E-state index contributed by atoms with van der Waals surface area (Å²) in [4.78, 5) is 28.9. The molecule has 0 fully saturated rings. The first kappa shape index (κ1) is 22.0. The first-order valence-electron chi connectivity index (χ1n) is 10.6. The number of carbonyl (C=O) groups excluding carboxylic acids is 1. The molecule has 0 saturated carbocycles. The molecule has 4 rings (SSSR count). The lowest BCUT2D eigenvalue weighted by molar-refractivity contribution is 0.0472. The van der Waals surface area contributed by atoms with Gasteiger partial charge in [-0.05, 0) is 30.2 Å². The van der Waals surface area contributed by atoms with E-state index in [-0.39, 0.29) is 31.0 Å². The third kappa shape index (κ3) is 5.17. The Morgan fingerprint density at radius 1 is 1.12 bits per heavy atom. The van der Waals surface area contributed by atoms with Crippen LogP contribution in [0.15, 0.2) is 48.8 Å². The van der Waals surface area contributed by atoms with Crippen molar-refractivity contribution in [2.45, 2.75) is 32.9 Å². The summed E-state index contributed by atoms with van der Waals surface area (Å²) in [5.74, 6) is -0.303. The lowest BCUT2D eigenvalue weighted by Crippen LogP contribution is -2.07. The number of aromatic nitrogens is 5. The molecule has 3 aromatic heterocycles. The van der Waals surface area contributed by atoms with Gasteiger partial charge in [0.05, 0.1) is 18.7 Å². The molecule has 0 aliphatic rings. The molecule has 0 atom stereocenters. The highest BCUT2D eigenvalue weighted by Gasteiger charge is 2.17. The van der Waals surface area contributed by atoms with Gasteiger partial charge in [0, 0.05) is 18.0 Å². The van der Waals surface area contributed by atoms with Gasteiger partial charge in [0.15, 0.2) is 17.0 Å². The van der Waals surface area contributed by atoms with Crippen molar-refractivity contribution < 1.29 is 19.4 Å². The summed E-state index contributed by atoms with van der Waals surface area (Å²) < 4.78 is 12.4. The van der Waals surface area contributed by atoms with Crippen molar-refractivity contribution in [3.05, 3.63) is 65.5 Å². The Bertz CT molecular complexity index is 1240. The molecule has 1 aromatic carbocycles. The number of carbonyl (C=O) groups is 1. The second-order valence-corrected chi connectivity index (χ2v) is 7.40. The number of rotatable bonds is 9. The summed E-state index contributed by atoms with van der Waals surface area (Å²) in [5.41, 5.74) is 8.70. The second kappa shape index (κ2) is 9.94. The average Bonchev–Trinajstić information content (AvgIpc) is 3.14. The highest BCUT2D eigenvalue weighted by atomic mass is 16.5. The molecule has 0 bridgehead atoms. The van der Waals surface area contributed by atoms with Gasteiger partial charge in [0.2, 0.25) is 0 Å². The van der Waals surface area contributed by atoms with Crippen molar-refractivity contribution in [2.24, 2.45) is 0 Å². The first-order chi connectivity index (χ1) is 16.0. The largest absolute Gasteiger partial charge is 0.480 e. The number of nitrogens with zero attached hydrogens (tertiary/aromatic N) is 5. The predicted molar refractivity (Wildman–Crippen MR) is 121 cm³/mol. The van der Waals surface area contributed by atoms with Crippen molar-refractivity contribution in [1.29, 1.82) is 0 Å². The summed E-state index contributed by atoms with van der Waals surface area (Å²) in [5, 5.41) is 10.4. The van der Waals surface area contributed by atoms with Gasteiger partial charge < -0.3 is 20.3 Å². The van der Waals surface area contributed by atoms with E-state index < -0.39 is 5.97 Å². The van der Waals surface area contributed by atoms with Gasteiger partial charge in [-0.3, -0.25) is 9.55 Å². The van der Waals surface area contributed by atoms with Crippen LogP contribution >= 0.6 is 0 Å². The van der Waals surface area contributed by atoms with Crippen LogP contribution in [0.3, 0.4) is 0 Å². The number of nitrogens with two attached hydrogens (primary N) is 1. The number of nitrogen functional groups attached to an aromatic ring is 1. The lowest BCUT2D eigenvalue weighted by Gasteiger charge is -2.08. The number of fused-ring (bicyclic) bond motifs is 1. The number of hydrogen-bond donors (Lipinski definition) is 2. The van der Waals surface area contributed by atoms with Gasteiger partial charge in [-0.1, -0.05) is 31.5 Å². The van der Waals surface area contributed by atoms with Gasteiger partial charge in [-0.2, -0.15) is 15.0 Å². The Kier molecular flexibility index (Phi) is 6.63. The predicted octanol–water partition coefficient (Wildman–Crippen LogP) is 3.09. The number of ether oxygens (including phenoxy) is 2. The Hall–Kier alpha value is -4.21. The van der Waals surface area contributed by atoms with Crippen LogP contribution in [0.2, 0.25) is 0 Å². The Balaban J connectivity index is 1.48. The van der Waals surface area contributed by atoms with Crippen LogP contribution < -0.4 is 10.5 Å². The van der Waals surface area contributed by atoms with Crippen LogP contribution in [-0.2, 0) is 17.9 Å². The van der Waals surface area contributed by atoms with E-state index in [0.29, 0.717) is 23.3 Å². The number of aromatic hydroxyl groups is 1. The molecule has 0 saturated heterocycles. The minimum Gasteiger partial charge on any atom is -0.480 e. The van der Waals surface area contributed by atoms with Gasteiger partial charge in [0.1, 0.15) is 6.61 Å². The van der Waals surface area contributed by atoms with Crippen LogP contribution in [0.1, 0.15) is 41.3 Å². The third-order valence-electron chi connectivity index (χ3n) is 4.93. The monoisotopic (exact) mass is 448 g/mol. The highest BCUT2D eigenvalue weighted by molar-refractivity contribution is 5.89. The molecule has 170 valence electrons. The van der Waals surface area contributed by atoms with E-state index in [1.54, 1.807) is 42.7 Å². The summed E-state index contributed by atoms with van der Waals surface area (Å²) in [6, 6.07) is 10.4. The highest BCUT2D eigenvalue weighted by Crippen LogP contribution is 2.26. The second-order valence-electron chi connectivity index (χ2n) is 7.40. The number of anilines is 1. The molecule has 0 radical (unpaired) electrons. The first-order valence-corrected chi connectivity index (χ1v) is 10.6. The minimum atomic E-state index is -0.435. The SMILES string of the molecule is CCCCOc1nc(N)c2nc(O)n(Cc3ccc(C(=O)OCc4cccnc4)cc3)c2n1. The summed E-state index contributed by atoms with van der Waals surface area (Å²) in [6.45, 7) is 2.94. The summed E-state index contributed by atoms with van der Waals surface area (Å²) in [7, 11) is 0. The Labute approximate surface area is 190 Å². The molecule has 4 aromatic rings. The van der Waals surface area contributed by atoms with Crippen molar-refractivity contribution in [2.75, 3.05) is 12.3 Å². The van der Waals surface area contributed by atoms with Gasteiger partial charge in [-0.15, -0.1) is 0 Å². The topological polar surface area (TPSA) is 138 Å². The molecular weight excluding hydrogens is 424 g/mol. The van der Waals surface area contributed by atoms with E-state index in [0.717, 1.165) is 24.0 Å². The van der Waals surface area contributed by atoms with Crippen LogP contribution in [0.25, 0.3) is 11.2 Å². The minimum absolute atomic E-state index is 0.132. The number of unbranched alkanes of at least 4 members (excludes halogenated alkanes) is 1. The van der Waals surface area contributed by atoms with Gasteiger partial charge in [0.25, 0.3) is 6.01 Å². The van der Waals surface area contributed by atoms with Crippen molar-refractivity contribution >= 4 is 23.0 Å². The molecule has 0 aliphatic heterocycles. The summed E-state index contributed by atoms with van der Waals surface area (Å²) >= 11 is 0. The molecule has 10 nitrogen and oxygen atoms in total. The van der Waals surface area contributed by atoms with E-state index in [1.165, 1.54) is 4.57 Å². The van der Waals surface area contributed by atoms with Crippen molar-refractivity contribution in [3.8, 4) is 12.0 Å². The maximum Gasteiger partial charge on any atom is 0.338 e. The van der Waals surface area contributed by atoms with Gasteiger partial charge in [-0.25, -0.2) is 4.79 Å². The third-order valence-corrected chi connectivity index (χ3v) is 4.93. The van der Waals surface area contributed by atoms with E-state index in [2.05, 4.69) is 26.9 Å². The number of pyridine rings is 1. The van der Waals surface area contributed by atoms with Crippen molar-refractivity contribution in [3.63, 3.8) is 0 Å². The zero-order chi connectivity index (χ0) is 23.2. The zero-order valence-corrected chi connectivity index (χ0v) is 18.1.